The Balaban J connectivity index is 1.57. The number of guanidine groups is 1. The van der Waals surface area contributed by atoms with Crippen LogP contribution in [0.2, 0.25) is 0 Å². The van der Waals surface area contributed by atoms with Gasteiger partial charge in [0.25, 0.3) is 0 Å². The third-order valence-corrected chi connectivity index (χ3v) is 5.30. The number of hydrogen-bond donors (Lipinski definition) is 2. The molecule has 1 aromatic carbocycles. The molecular formula is C19H26N4OS. The lowest BCUT2D eigenvalue weighted by Gasteiger charge is -2.34. The number of ether oxygens (including phenoxy) is 1. The van der Waals surface area contributed by atoms with Crippen molar-refractivity contribution in [1.82, 2.24) is 10.2 Å². The summed E-state index contributed by atoms with van der Waals surface area (Å²) >= 11 is 1.77. The van der Waals surface area contributed by atoms with Crippen LogP contribution in [0.4, 0.5) is 0 Å². The molecule has 0 aliphatic carbocycles. The third kappa shape index (κ3) is 5.56. The van der Waals surface area contributed by atoms with Gasteiger partial charge in [-0.25, -0.2) is 0 Å². The van der Waals surface area contributed by atoms with Gasteiger partial charge in [-0.3, -0.25) is 9.89 Å². The summed E-state index contributed by atoms with van der Waals surface area (Å²) in [5.41, 5.74) is 7.35. The molecule has 25 heavy (non-hydrogen) atoms. The van der Waals surface area contributed by atoms with E-state index in [0.29, 0.717) is 12.5 Å². The fourth-order valence-electron chi connectivity index (χ4n) is 3.01. The maximum atomic E-state index is 6.07. The molecule has 1 aliphatic rings. The first-order valence-corrected chi connectivity index (χ1v) is 9.64. The van der Waals surface area contributed by atoms with Crippen LogP contribution < -0.4 is 11.1 Å². The molecule has 0 amide bonds. The van der Waals surface area contributed by atoms with Gasteiger partial charge in [-0.2, -0.15) is 0 Å². The maximum Gasteiger partial charge on any atom is 0.188 e. The van der Waals surface area contributed by atoms with Gasteiger partial charge in [-0.1, -0.05) is 36.4 Å². The highest BCUT2D eigenvalue weighted by molar-refractivity contribution is 7.09. The van der Waals surface area contributed by atoms with Crippen LogP contribution in [-0.2, 0) is 11.2 Å². The number of aliphatic imine (C=N–C) groups is 1. The minimum Gasteiger partial charge on any atom is -0.379 e. The highest BCUT2D eigenvalue weighted by atomic mass is 32.1. The summed E-state index contributed by atoms with van der Waals surface area (Å²) in [6.45, 7) is 4.88. The molecule has 0 radical (unpaired) electrons. The van der Waals surface area contributed by atoms with Crippen LogP contribution in [0.1, 0.15) is 16.5 Å². The summed E-state index contributed by atoms with van der Waals surface area (Å²) in [5, 5.41) is 5.32. The smallest absolute Gasteiger partial charge is 0.188 e. The largest absolute Gasteiger partial charge is 0.379 e. The van der Waals surface area contributed by atoms with E-state index in [4.69, 9.17) is 10.5 Å². The molecule has 0 saturated carbocycles. The molecule has 0 spiro atoms. The van der Waals surface area contributed by atoms with Crippen molar-refractivity contribution in [3.63, 3.8) is 0 Å². The van der Waals surface area contributed by atoms with Crippen molar-refractivity contribution in [3.8, 4) is 0 Å². The predicted octanol–water partition coefficient (Wildman–Crippen LogP) is 2.27. The van der Waals surface area contributed by atoms with E-state index in [0.717, 1.165) is 39.3 Å². The first-order chi connectivity index (χ1) is 12.3. The minimum atomic E-state index is 0.239. The molecule has 0 bridgehead atoms. The SMILES string of the molecule is NC(=NCC(c1ccccc1)N1CCOCC1)NCCc1cccs1. The first-order valence-electron chi connectivity index (χ1n) is 8.76. The summed E-state index contributed by atoms with van der Waals surface area (Å²) in [6, 6.07) is 15.0. The standard InChI is InChI=1S/C19H26N4OS/c20-19(21-9-8-17-7-4-14-25-17)22-15-18(16-5-2-1-3-6-16)23-10-12-24-13-11-23/h1-7,14,18H,8-13,15H2,(H3,20,21,22). The van der Waals surface area contributed by atoms with Crippen LogP contribution in [-0.4, -0.2) is 50.3 Å². The van der Waals surface area contributed by atoms with Crippen LogP contribution in [0.3, 0.4) is 0 Å². The van der Waals surface area contributed by atoms with E-state index in [-0.39, 0.29) is 6.04 Å². The van der Waals surface area contributed by atoms with E-state index in [1.807, 2.05) is 6.07 Å². The summed E-state index contributed by atoms with van der Waals surface area (Å²) < 4.78 is 5.49. The number of thiophene rings is 1. The Bertz CT molecular complexity index is 639. The molecule has 1 atom stereocenters. The molecule has 2 aromatic rings. The fraction of sp³-hybridized carbons (Fsp3) is 0.421. The quantitative estimate of drug-likeness (QED) is 0.589. The third-order valence-electron chi connectivity index (χ3n) is 4.36. The molecule has 3 rings (SSSR count). The van der Waals surface area contributed by atoms with E-state index < -0.39 is 0 Å². The summed E-state index contributed by atoms with van der Waals surface area (Å²) in [4.78, 5) is 8.39. The van der Waals surface area contributed by atoms with Gasteiger partial charge in [0, 0.05) is 24.5 Å². The lowest BCUT2D eigenvalue weighted by molar-refractivity contribution is 0.0180. The topological polar surface area (TPSA) is 62.9 Å². The van der Waals surface area contributed by atoms with Gasteiger partial charge in [0.15, 0.2) is 5.96 Å². The first kappa shape index (κ1) is 17.9. The lowest BCUT2D eigenvalue weighted by atomic mass is 10.1. The summed E-state index contributed by atoms with van der Waals surface area (Å²) in [5.74, 6) is 0.519. The number of nitrogens with zero attached hydrogens (tertiary/aromatic N) is 2. The highest BCUT2D eigenvalue weighted by Gasteiger charge is 2.22. The average Bonchev–Trinajstić information content (AvgIpc) is 3.17. The Morgan fingerprint density at radius 3 is 2.72 bits per heavy atom. The lowest BCUT2D eigenvalue weighted by Crippen LogP contribution is -2.41. The van der Waals surface area contributed by atoms with Crippen molar-refractivity contribution < 1.29 is 4.74 Å². The van der Waals surface area contributed by atoms with Crippen LogP contribution in [0.15, 0.2) is 52.8 Å². The number of hydrogen-bond acceptors (Lipinski definition) is 4. The van der Waals surface area contributed by atoms with Gasteiger partial charge in [0.1, 0.15) is 0 Å². The van der Waals surface area contributed by atoms with E-state index in [2.05, 4.69) is 57.0 Å². The summed E-state index contributed by atoms with van der Waals surface area (Å²) in [6.07, 6.45) is 0.972. The Morgan fingerprint density at radius 2 is 2.00 bits per heavy atom. The van der Waals surface area contributed by atoms with E-state index >= 15 is 0 Å². The zero-order valence-electron chi connectivity index (χ0n) is 14.4. The van der Waals surface area contributed by atoms with Crippen LogP contribution in [0.25, 0.3) is 0 Å². The molecule has 3 N–H and O–H groups in total. The molecule has 1 aromatic heterocycles. The second kappa shape index (κ2) is 9.56. The van der Waals surface area contributed by atoms with Crippen molar-refractivity contribution in [1.29, 1.82) is 0 Å². The maximum absolute atomic E-state index is 6.07. The molecule has 134 valence electrons. The molecule has 5 nitrogen and oxygen atoms in total. The number of nitrogens with one attached hydrogen (secondary N) is 1. The van der Waals surface area contributed by atoms with Gasteiger partial charge in [-0.05, 0) is 23.4 Å². The number of benzene rings is 1. The van der Waals surface area contributed by atoms with E-state index in [1.54, 1.807) is 11.3 Å². The molecule has 1 saturated heterocycles. The molecule has 6 heteroatoms. The monoisotopic (exact) mass is 358 g/mol. The van der Waals surface area contributed by atoms with Crippen LogP contribution in [0, 0.1) is 0 Å². The Morgan fingerprint density at radius 1 is 1.20 bits per heavy atom. The van der Waals surface area contributed by atoms with Crippen molar-refractivity contribution in [3.05, 3.63) is 58.3 Å². The fourth-order valence-corrected chi connectivity index (χ4v) is 3.71. The van der Waals surface area contributed by atoms with E-state index in [1.165, 1.54) is 10.4 Å². The van der Waals surface area contributed by atoms with Gasteiger partial charge in [0.05, 0.1) is 25.8 Å². The van der Waals surface area contributed by atoms with Gasteiger partial charge >= 0.3 is 0 Å². The van der Waals surface area contributed by atoms with Crippen molar-refractivity contribution >= 4 is 17.3 Å². The zero-order valence-corrected chi connectivity index (χ0v) is 15.3. The normalized spacial score (nSPS) is 17.4. The second-order valence-corrected chi connectivity index (χ2v) is 7.09. The second-order valence-electron chi connectivity index (χ2n) is 6.06. The van der Waals surface area contributed by atoms with Crippen LogP contribution >= 0.6 is 11.3 Å². The van der Waals surface area contributed by atoms with E-state index in [9.17, 15) is 0 Å². The van der Waals surface area contributed by atoms with Crippen molar-refractivity contribution in [2.24, 2.45) is 10.7 Å². The average molecular weight is 359 g/mol. The molecular weight excluding hydrogens is 332 g/mol. The Hall–Kier alpha value is -1.89. The number of morpholine rings is 1. The van der Waals surface area contributed by atoms with Gasteiger partial charge in [-0.15, -0.1) is 11.3 Å². The molecule has 1 fully saturated rings. The van der Waals surface area contributed by atoms with Crippen molar-refractivity contribution in [2.45, 2.75) is 12.5 Å². The van der Waals surface area contributed by atoms with Gasteiger partial charge < -0.3 is 15.8 Å². The highest BCUT2D eigenvalue weighted by Crippen LogP contribution is 2.22. The number of rotatable bonds is 7. The van der Waals surface area contributed by atoms with Crippen LogP contribution in [0.5, 0.6) is 0 Å². The minimum absolute atomic E-state index is 0.239. The molecule has 1 unspecified atom stereocenters. The zero-order chi connectivity index (χ0) is 17.3. The molecule has 2 heterocycles. The Kier molecular flexibility index (Phi) is 6.85. The Labute approximate surface area is 153 Å². The predicted molar refractivity (Wildman–Crippen MR) is 104 cm³/mol. The number of nitrogens with two attached hydrogens (primary N) is 1. The molecule has 1 aliphatic heterocycles. The summed E-state index contributed by atoms with van der Waals surface area (Å²) in [7, 11) is 0. The van der Waals surface area contributed by atoms with Gasteiger partial charge in [0.2, 0.25) is 0 Å². The van der Waals surface area contributed by atoms with Crippen molar-refractivity contribution in [2.75, 3.05) is 39.4 Å².